The summed E-state index contributed by atoms with van der Waals surface area (Å²) in [6.07, 6.45) is 6.48. The van der Waals surface area contributed by atoms with E-state index in [1.54, 1.807) is 0 Å². The van der Waals surface area contributed by atoms with Crippen molar-refractivity contribution in [2.45, 2.75) is 31.2 Å². The zero-order valence-electron chi connectivity index (χ0n) is 12.9. The average Bonchev–Trinajstić information content (AvgIpc) is 3.29. The Morgan fingerprint density at radius 3 is 2.74 bits per heavy atom. The number of benzene rings is 1. The van der Waals surface area contributed by atoms with E-state index in [4.69, 9.17) is 9.51 Å². The van der Waals surface area contributed by atoms with Crippen molar-refractivity contribution in [3.8, 4) is 11.5 Å². The molecule has 3 aromatic rings. The zero-order chi connectivity index (χ0) is 15.3. The molecule has 5 rings (SSSR count). The van der Waals surface area contributed by atoms with Crippen molar-refractivity contribution in [2.75, 3.05) is 13.1 Å². The van der Waals surface area contributed by atoms with Crippen LogP contribution in [0.25, 0.3) is 22.3 Å². The van der Waals surface area contributed by atoms with Gasteiger partial charge >= 0.3 is 0 Å². The van der Waals surface area contributed by atoms with Gasteiger partial charge in [0.15, 0.2) is 0 Å². The topological polar surface area (TPSA) is 55.1 Å². The minimum Gasteiger partial charge on any atom is -0.337 e. The molecule has 0 radical (unpaired) electrons. The highest BCUT2D eigenvalue weighted by Gasteiger charge is 2.49. The highest BCUT2D eigenvalue weighted by molar-refractivity contribution is 5.92. The number of rotatable bonds is 2. The summed E-state index contributed by atoms with van der Waals surface area (Å²) in [6, 6.07) is 10.2. The number of hydrogen-bond acceptors (Lipinski definition) is 5. The maximum atomic E-state index is 5.71. The van der Waals surface area contributed by atoms with Gasteiger partial charge in [-0.2, -0.15) is 4.98 Å². The third kappa shape index (κ3) is 1.86. The first-order valence-corrected chi connectivity index (χ1v) is 8.30. The SMILES string of the molecule is c1ccc2c(-c3noc(C45CCCN4CCC5)n3)nccc2c1. The first-order valence-electron chi connectivity index (χ1n) is 8.30. The molecule has 2 aliphatic rings. The third-order valence-corrected chi connectivity index (χ3v) is 5.35. The fraction of sp³-hybridized carbons (Fsp3) is 0.389. The lowest BCUT2D eigenvalue weighted by atomic mass is 9.94. The fourth-order valence-corrected chi connectivity index (χ4v) is 4.26. The first kappa shape index (κ1) is 13.2. The van der Waals surface area contributed by atoms with E-state index in [0.29, 0.717) is 5.82 Å². The van der Waals surface area contributed by atoms with Gasteiger partial charge in [0.05, 0.1) is 0 Å². The van der Waals surface area contributed by atoms with E-state index in [9.17, 15) is 0 Å². The third-order valence-electron chi connectivity index (χ3n) is 5.35. The summed E-state index contributed by atoms with van der Waals surface area (Å²) < 4.78 is 5.71. The van der Waals surface area contributed by atoms with E-state index in [1.165, 1.54) is 12.8 Å². The molecule has 0 aliphatic carbocycles. The van der Waals surface area contributed by atoms with Crippen LogP contribution in [-0.4, -0.2) is 33.1 Å². The van der Waals surface area contributed by atoms with Crippen LogP contribution in [0.3, 0.4) is 0 Å². The van der Waals surface area contributed by atoms with Crippen LogP contribution in [0.4, 0.5) is 0 Å². The van der Waals surface area contributed by atoms with Crippen LogP contribution in [-0.2, 0) is 5.54 Å². The van der Waals surface area contributed by atoms with E-state index >= 15 is 0 Å². The molecule has 0 amide bonds. The Labute approximate surface area is 134 Å². The molecule has 4 heterocycles. The van der Waals surface area contributed by atoms with Gasteiger partial charge in [-0.05, 0) is 50.2 Å². The second-order valence-electron chi connectivity index (χ2n) is 6.53. The summed E-state index contributed by atoms with van der Waals surface area (Å²) in [7, 11) is 0. The van der Waals surface area contributed by atoms with Crippen LogP contribution in [0, 0.1) is 0 Å². The summed E-state index contributed by atoms with van der Waals surface area (Å²) in [5, 5.41) is 6.47. The van der Waals surface area contributed by atoms with E-state index in [1.807, 2.05) is 24.4 Å². The number of aromatic nitrogens is 3. The average molecular weight is 306 g/mol. The molecule has 5 nitrogen and oxygen atoms in total. The summed E-state index contributed by atoms with van der Waals surface area (Å²) in [5.74, 6) is 1.38. The van der Waals surface area contributed by atoms with Gasteiger partial charge in [0.2, 0.25) is 11.7 Å². The minimum absolute atomic E-state index is 0.0180. The van der Waals surface area contributed by atoms with E-state index in [0.717, 1.165) is 48.3 Å². The van der Waals surface area contributed by atoms with E-state index in [-0.39, 0.29) is 5.54 Å². The molecule has 1 aromatic carbocycles. The van der Waals surface area contributed by atoms with Gasteiger partial charge in [0, 0.05) is 11.6 Å². The van der Waals surface area contributed by atoms with Gasteiger partial charge in [0.1, 0.15) is 11.2 Å². The van der Waals surface area contributed by atoms with Gasteiger partial charge in [0.25, 0.3) is 0 Å². The second kappa shape index (κ2) is 4.86. The molecular weight excluding hydrogens is 288 g/mol. The van der Waals surface area contributed by atoms with Crippen molar-refractivity contribution in [3.05, 3.63) is 42.4 Å². The molecule has 116 valence electrons. The highest BCUT2D eigenvalue weighted by atomic mass is 16.5. The predicted molar refractivity (Wildman–Crippen MR) is 86.8 cm³/mol. The lowest BCUT2D eigenvalue weighted by molar-refractivity contribution is 0.143. The lowest BCUT2D eigenvalue weighted by Gasteiger charge is -2.27. The van der Waals surface area contributed by atoms with Gasteiger partial charge in [-0.15, -0.1) is 0 Å². The van der Waals surface area contributed by atoms with Crippen LogP contribution in [0.15, 0.2) is 41.1 Å². The molecule has 5 heteroatoms. The van der Waals surface area contributed by atoms with Gasteiger partial charge < -0.3 is 4.52 Å². The number of hydrogen-bond donors (Lipinski definition) is 0. The maximum Gasteiger partial charge on any atom is 0.247 e. The smallest absolute Gasteiger partial charge is 0.247 e. The van der Waals surface area contributed by atoms with Gasteiger partial charge in [-0.3, -0.25) is 9.88 Å². The second-order valence-corrected chi connectivity index (χ2v) is 6.53. The fourth-order valence-electron chi connectivity index (χ4n) is 4.26. The molecule has 23 heavy (non-hydrogen) atoms. The number of fused-ring (bicyclic) bond motifs is 2. The molecule has 0 saturated carbocycles. The van der Waals surface area contributed by atoms with Crippen molar-refractivity contribution in [1.82, 2.24) is 20.0 Å². The Morgan fingerprint density at radius 1 is 1.04 bits per heavy atom. The molecule has 0 atom stereocenters. The Morgan fingerprint density at radius 2 is 1.87 bits per heavy atom. The Bertz CT molecular complexity index is 857. The molecule has 0 unspecified atom stereocenters. The lowest BCUT2D eigenvalue weighted by Crippen LogP contribution is -2.35. The van der Waals surface area contributed by atoms with Gasteiger partial charge in [-0.25, -0.2) is 0 Å². The summed E-state index contributed by atoms with van der Waals surface area (Å²) in [5.41, 5.74) is 0.785. The van der Waals surface area contributed by atoms with Crippen molar-refractivity contribution < 1.29 is 4.52 Å². The standard InChI is InChI=1S/C18H18N4O/c1-2-6-14-13(5-1)7-10-19-15(14)16-20-17(23-21-16)18-8-3-11-22(18)12-4-9-18/h1-2,5-7,10H,3-4,8-9,11-12H2. The Hall–Kier alpha value is -2.27. The molecule has 2 fully saturated rings. The monoisotopic (exact) mass is 306 g/mol. The van der Waals surface area contributed by atoms with Crippen LogP contribution < -0.4 is 0 Å². The molecule has 2 aliphatic heterocycles. The number of pyridine rings is 1. The highest BCUT2D eigenvalue weighted by Crippen LogP contribution is 2.46. The zero-order valence-corrected chi connectivity index (χ0v) is 12.9. The summed E-state index contributed by atoms with van der Waals surface area (Å²) in [4.78, 5) is 11.8. The summed E-state index contributed by atoms with van der Waals surface area (Å²) >= 11 is 0. The van der Waals surface area contributed by atoms with Gasteiger partial charge in [-0.1, -0.05) is 29.4 Å². The van der Waals surface area contributed by atoms with Crippen LogP contribution >= 0.6 is 0 Å². The predicted octanol–water partition coefficient (Wildman–Crippen LogP) is 3.37. The Kier molecular flexibility index (Phi) is 2.79. The molecule has 2 saturated heterocycles. The summed E-state index contributed by atoms with van der Waals surface area (Å²) in [6.45, 7) is 2.29. The molecule has 0 N–H and O–H groups in total. The minimum atomic E-state index is -0.0180. The van der Waals surface area contributed by atoms with Crippen molar-refractivity contribution in [2.24, 2.45) is 0 Å². The van der Waals surface area contributed by atoms with Crippen LogP contribution in [0.1, 0.15) is 31.6 Å². The van der Waals surface area contributed by atoms with Crippen LogP contribution in [0.5, 0.6) is 0 Å². The molecule has 0 spiro atoms. The van der Waals surface area contributed by atoms with Crippen molar-refractivity contribution >= 4 is 10.8 Å². The van der Waals surface area contributed by atoms with Crippen molar-refractivity contribution in [3.63, 3.8) is 0 Å². The van der Waals surface area contributed by atoms with E-state index in [2.05, 4.69) is 27.2 Å². The molecule has 0 bridgehead atoms. The maximum absolute atomic E-state index is 5.71. The van der Waals surface area contributed by atoms with E-state index < -0.39 is 0 Å². The Balaban J connectivity index is 1.62. The van der Waals surface area contributed by atoms with Crippen LogP contribution in [0.2, 0.25) is 0 Å². The normalized spacial score (nSPS) is 20.2. The number of nitrogens with zero attached hydrogens (tertiary/aromatic N) is 4. The molecular formula is C18H18N4O. The quantitative estimate of drug-likeness (QED) is 0.726. The largest absolute Gasteiger partial charge is 0.337 e. The molecule has 2 aromatic heterocycles. The first-order chi connectivity index (χ1) is 11.4. The van der Waals surface area contributed by atoms with Crippen molar-refractivity contribution in [1.29, 1.82) is 0 Å².